The predicted octanol–water partition coefficient (Wildman–Crippen LogP) is 2.60. The number of benzene rings is 1. The molecule has 1 amide bonds. The van der Waals surface area contributed by atoms with Crippen molar-refractivity contribution >= 4 is 5.91 Å². The van der Waals surface area contributed by atoms with Crippen molar-refractivity contribution < 1.29 is 9.90 Å². The number of aromatic hydroxyl groups is 1. The van der Waals surface area contributed by atoms with E-state index in [9.17, 15) is 9.90 Å². The van der Waals surface area contributed by atoms with E-state index in [1.165, 1.54) is 10.9 Å². The molecular formula is C23H24N6O2. The highest BCUT2D eigenvalue weighted by Gasteiger charge is 2.22. The molecule has 31 heavy (non-hydrogen) atoms. The number of aromatic nitrogens is 3. The summed E-state index contributed by atoms with van der Waals surface area (Å²) >= 11 is 0. The number of rotatable bonds is 4. The number of aryl methyl sites for hydroxylation is 1. The number of carbonyl (C=O) groups excluding carboxylic acids is 1. The van der Waals surface area contributed by atoms with Crippen LogP contribution in [0.5, 0.6) is 5.75 Å². The van der Waals surface area contributed by atoms with Gasteiger partial charge in [0.05, 0.1) is 23.4 Å². The first-order valence-electron chi connectivity index (χ1n) is 10.3. The van der Waals surface area contributed by atoms with Crippen LogP contribution < -0.4 is 0 Å². The summed E-state index contributed by atoms with van der Waals surface area (Å²) < 4.78 is 1.48. The fourth-order valence-corrected chi connectivity index (χ4v) is 3.72. The number of piperazine rings is 1. The molecule has 0 radical (unpaired) electrons. The number of carbonyl (C=O) groups is 1. The number of nitriles is 1. The topological polar surface area (TPSA) is 98.3 Å². The molecule has 2 aromatic heterocycles. The van der Waals surface area contributed by atoms with Crippen LogP contribution in [-0.2, 0) is 0 Å². The number of hydrogen-bond donors (Lipinski definition) is 1. The van der Waals surface area contributed by atoms with Crippen LogP contribution in [0, 0.1) is 18.3 Å². The summed E-state index contributed by atoms with van der Waals surface area (Å²) in [6.07, 6.45) is 3.03. The fourth-order valence-electron chi connectivity index (χ4n) is 3.72. The van der Waals surface area contributed by atoms with E-state index in [2.05, 4.69) is 28.0 Å². The summed E-state index contributed by atoms with van der Waals surface area (Å²) in [5, 5.41) is 23.9. The minimum atomic E-state index is -0.0214. The normalized spacial score (nSPS) is 14.4. The zero-order chi connectivity index (χ0) is 22.0. The third-order valence-corrected chi connectivity index (χ3v) is 5.65. The predicted molar refractivity (Wildman–Crippen MR) is 116 cm³/mol. The van der Waals surface area contributed by atoms with Crippen LogP contribution >= 0.6 is 0 Å². The van der Waals surface area contributed by atoms with Crippen LogP contribution in [0.3, 0.4) is 0 Å². The van der Waals surface area contributed by atoms with Crippen LogP contribution in [0.25, 0.3) is 17.1 Å². The molecule has 8 heteroatoms. The minimum absolute atomic E-state index is 0.0138. The number of nitrogens with zero attached hydrogens (tertiary/aromatic N) is 6. The Hall–Kier alpha value is -3.70. The molecule has 1 N–H and O–H groups in total. The van der Waals surface area contributed by atoms with Gasteiger partial charge in [0.1, 0.15) is 5.69 Å². The zero-order valence-corrected chi connectivity index (χ0v) is 17.6. The van der Waals surface area contributed by atoms with Crippen molar-refractivity contribution in [3.63, 3.8) is 0 Å². The van der Waals surface area contributed by atoms with Crippen LogP contribution in [0.1, 0.15) is 28.4 Å². The van der Waals surface area contributed by atoms with Gasteiger partial charge in [-0.05, 0) is 43.3 Å². The molecule has 1 saturated heterocycles. The maximum absolute atomic E-state index is 12.8. The van der Waals surface area contributed by atoms with E-state index in [-0.39, 0.29) is 11.7 Å². The van der Waals surface area contributed by atoms with Gasteiger partial charge in [-0.25, -0.2) is 9.67 Å². The largest absolute Gasteiger partial charge is 0.504 e. The molecule has 0 unspecified atom stereocenters. The Balaban J connectivity index is 1.52. The van der Waals surface area contributed by atoms with E-state index in [0.717, 1.165) is 38.3 Å². The average molecular weight is 416 g/mol. The van der Waals surface area contributed by atoms with Crippen molar-refractivity contribution in [3.05, 3.63) is 59.4 Å². The van der Waals surface area contributed by atoms with E-state index in [0.29, 0.717) is 28.2 Å². The summed E-state index contributed by atoms with van der Waals surface area (Å²) in [6, 6.07) is 10.9. The summed E-state index contributed by atoms with van der Waals surface area (Å²) in [5.41, 5.74) is 3.05. The summed E-state index contributed by atoms with van der Waals surface area (Å²) in [4.78, 5) is 21.3. The summed E-state index contributed by atoms with van der Waals surface area (Å²) in [7, 11) is 0. The number of hydrogen-bond acceptors (Lipinski definition) is 6. The maximum atomic E-state index is 12.8. The third-order valence-electron chi connectivity index (χ3n) is 5.65. The standard InChI is InChI=1S/C23H24N6O2/c1-3-27-8-10-28(11-9-27)23(31)19-6-7-21(25-14-19)29-15-20(30)22(26-29)17-4-5-18(13-24)16(2)12-17/h4-7,12,14-15,30H,3,8-11H2,1-2H3. The van der Waals surface area contributed by atoms with Crippen LogP contribution in [-0.4, -0.2) is 68.3 Å². The van der Waals surface area contributed by atoms with Gasteiger partial charge in [0.2, 0.25) is 0 Å². The number of pyridine rings is 1. The molecule has 158 valence electrons. The van der Waals surface area contributed by atoms with Crippen LogP contribution in [0.4, 0.5) is 0 Å². The van der Waals surface area contributed by atoms with Crippen LogP contribution in [0.15, 0.2) is 42.7 Å². The smallest absolute Gasteiger partial charge is 0.255 e. The highest BCUT2D eigenvalue weighted by molar-refractivity contribution is 5.94. The van der Waals surface area contributed by atoms with Gasteiger partial charge in [0, 0.05) is 37.9 Å². The van der Waals surface area contributed by atoms with Gasteiger partial charge in [-0.3, -0.25) is 4.79 Å². The molecule has 3 aromatic rings. The Bertz CT molecular complexity index is 1140. The van der Waals surface area contributed by atoms with Crippen LogP contribution in [0.2, 0.25) is 0 Å². The monoisotopic (exact) mass is 416 g/mol. The lowest BCUT2D eigenvalue weighted by atomic mass is 10.0. The fraction of sp³-hybridized carbons (Fsp3) is 0.304. The Morgan fingerprint density at radius 3 is 2.58 bits per heavy atom. The van der Waals surface area contributed by atoms with E-state index >= 15 is 0 Å². The second kappa shape index (κ2) is 8.58. The average Bonchev–Trinajstić information content (AvgIpc) is 3.20. The van der Waals surface area contributed by atoms with Crippen molar-refractivity contribution in [2.45, 2.75) is 13.8 Å². The van der Waals surface area contributed by atoms with Crippen molar-refractivity contribution in [2.75, 3.05) is 32.7 Å². The quantitative estimate of drug-likeness (QED) is 0.702. The van der Waals surface area contributed by atoms with Gasteiger partial charge in [0.15, 0.2) is 11.6 Å². The molecule has 0 saturated carbocycles. The SMILES string of the molecule is CCN1CCN(C(=O)c2ccc(-n3cc(O)c(-c4ccc(C#N)c(C)c4)n3)nc2)CC1. The van der Waals surface area contributed by atoms with Gasteiger partial charge in [-0.15, -0.1) is 0 Å². The summed E-state index contributed by atoms with van der Waals surface area (Å²) in [6.45, 7) is 8.18. The Morgan fingerprint density at radius 1 is 1.19 bits per heavy atom. The van der Waals surface area contributed by atoms with E-state index in [1.807, 2.05) is 17.9 Å². The lowest BCUT2D eigenvalue weighted by Crippen LogP contribution is -2.48. The van der Waals surface area contributed by atoms with Crippen molar-refractivity contribution in [3.8, 4) is 28.9 Å². The molecule has 4 rings (SSSR count). The second-order valence-electron chi connectivity index (χ2n) is 7.58. The molecule has 0 bridgehead atoms. The highest BCUT2D eigenvalue weighted by atomic mass is 16.3. The van der Waals surface area contributed by atoms with Gasteiger partial charge in [-0.1, -0.05) is 13.0 Å². The van der Waals surface area contributed by atoms with E-state index in [4.69, 9.17) is 5.26 Å². The lowest BCUT2D eigenvalue weighted by molar-refractivity contribution is 0.0643. The molecule has 1 aromatic carbocycles. The zero-order valence-electron chi connectivity index (χ0n) is 17.6. The first-order chi connectivity index (χ1) is 15.0. The molecule has 3 heterocycles. The van der Waals surface area contributed by atoms with E-state index in [1.54, 1.807) is 30.5 Å². The molecule has 1 aliphatic rings. The highest BCUT2D eigenvalue weighted by Crippen LogP contribution is 2.29. The van der Waals surface area contributed by atoms with E-state index < -0.39 is 0 Å². The van der Waals surface area contributed by atoms with Crippen molar-refractivity contribution in [1.29, 1.82) is 5.26 Å². The Labute approximate surface area is 181 Å². The molecule has 1 aliphatic heterocycles. The maximum Gasteiger partial charge on any atom is 0.255 e. The number of likely N-dealkylation sites (N-methyl/N-ethyl adjacent to an activating group) is 1. The Kier molecular flexibility index (Phi) is 5.69. The first kappa shape index (κ1) is 20.6. The van der Waals surface area contributed by atoms with Gasteiger partial charge in [0.25, 0.3) is 5.91 Å². The third kappa shape index (κ3) is 4.13. The Morgan fingerprint density at radius 2 is 1.97 bits per heavy atom. The van der Waals surface area contributed by atoms with Gasteiger partial charge in [-0.2, -0.15) is 10.4 Å². The molecule has 8 nitrogen and oxygen atoms in total. The first-order valence-corrected chi connectivity index (χ1v) is 10.3. The van der Waals surface area contributed by atoms with Crippen molar-refractivity contribution in [2.24, 2.45) is 0 Å². The molecule has 1 fully saturated rings. The molecular weight excluding hydrogens is 392 g/mol. The number of amides is 1. The van der Waals surface area contributed by atoms with Crippen molar-refractivity contribution in [1.82, 2.24) is 24.6 Å². The second-order valence-corrected chi connectivity index (χ2v) is 7.58. The molecule has 0 aliphatic carbocycles. The minimum Gasteiger partial charge on any atom is -0.504 e. The summed E-state index contributed by atoms with van der Waals surface area (Å²) in [5.74, 6) is 0.492. The molecule has 0 atom stereocenters. The van der Waals surface area contributed by atoms with Gasteiger partial charge < -0.3 is 14.9 Å². The lowest BCUT2D eigenvalue weighted by Gasteiger charge is -2.34. The van der Waals surface area contributed by atoms with Gasteiger partial charge >= 0.3 is 0 Å². The molecule has 0 spiro atoms.